The number of ether oxygens (including phenoxy) is 1. The van der Waals surface area contributed by atoms with Gasteiger partial charge in [0.1, 0.15) is 5.75 Å². The first kappa shape index (κ1) is 16.8. The third kappa shape index (κ3) is 5.33. The summed E-state index contributed by atoms with van der Waals surface area (Å²) in [6.07, 6.45) is 0. The molecule has 0 spiro atoms. The first-order valence-corrected chi connectivity index (χ1v) is 6.91. The Balaban J connectivity index is 2.80. The molecule has 0 radical (unpaired) electrons. The predicted molar refractivity (Wildman–Crippen MR) is 82.3 cm³/mol. The van der Waals surface area contributed by atoms with E-state index in [0.717, 1.165) is 0 Å². The normalized spacial score (nSPS) is 10.3. The van der Waals surface area contributed by atoms with E-state index in [1.54, 1.807) is 25.2 Å². The van der Waals surface area contributed by atoms with Crippen LogP contribution in [0, 0.1) is 0 Å². The van der Waals surface area contributed by atoms with Crippen molar-refractivity contribution in [2.24, 2.45) is 0 Å². The molecule has 0 aliphatic carbocycles. The highest BCUT2D eigenvalue weighted by Crippen LogP contribution is 2.20. The molecule has 0 aliphatic rings. The Morgan fingerprint density at radius 1 is 1.33 bits per heavy atom. The number of rotatable bonds is 6. The molecular weight excluding hydrogens is 270 g/mol. The van der Waals surface area contributed by atoms with Crippen molar-refractivity contribution in [2.45, 2.75) is 26.8 Å². The number of nitrogen functional groups attached to an aromatic ring is 1. The summed E-state index contributed by atoms with van der Waals surface area (Å²) < 4.78 is 5.36. The van der Waals surface area contributed by atoms with Crippen molar-refractivity contribution in [1.29, 1.82) is 0 Å². The third-order valence-corrected chi connectivity index (χ3v) is 2.66. The number of likely N-dealkylation sites (N-methyl/N-ethyl adjacent to an activating group) is 1. The molecule has 6 heteroatoms. The average Bonchev–Trinajstić information content (AvgIpc) is 2.36. The molecule has 6 nitrogen and oxygen atoms in total. The molecule has 0 heterocycles. The van der Waals surface area contributed by atoms with Crippen LogP contribution in [-0.4, -0.2) is 43.0 Å². The van der Waals surface area contributed by atoms with E-state index in [1.165, 1.54) is 4.90 Å². The van der Waals surface area contributed by atoms with E-state index in [9.17, 15) is 9.59 Å². The molecule has 1 aromatic carbocycles. The maximum atomic E-state index is 12.3. The van der Waals surface area contributed by atoms with Crippen LogP contribution in [0.15, 0.2) is 18.2 Å². The highest BCUT2D eigenvalue weighted by atomic mass is 16.5. The van der Waals surface area contributed by atoms with E-state index in [0.29, 0.717) is 23.6 Å². The van der Waals surface area contributed by atoms with Gasteiger partial charge in [-0.2, -0.15) is 0 Å². The maximum absolute atomic E-state index is 12.3. The number of anilines is 1. The summed E-state index contributed by atoms with van der Waals surface area (Å²) >= 11 is 0. The second-order valence-corrected chi connectivity index (χ2v) is 5.11. The van der Waals surface area contributed by atoms with Gasteiger partial charge in [-0.3, -0.25) is 9.59 Å². The zero-order valence-corrected chi connectivity index (χ0v) is 13.0. The van der Waals surface area contributed by atoms with Crippen LogP contribution in [-0.2, 0) is 4.79 Å². The minimum atomic E-state index is -0.276. The summed E-state index contributed by atoms with van der Waals surface area (Å²) in [5.74, 6) is 0.0674. The highest BCUT2D eigenvalue weighted by Gasteiger charge is 2.16. The van der Waals surface area contributed by atoms with E-state index >= 15 is 0 Å². The lowest BCUT2D eigenvalue weighted by atomic mass is 10.1. The zero-order chi connectivity index (χ0) is 16.0. The first-order valence-electron chi connectivity index (χ1n) is 6.91. The Labute approximate surface area is 125 Å². The number of amides is 2. The Morgan fingerprint density at radius 2 is 2.00 bits per heavy atom. The van der Waals surface area contributed by atoms with Crippen LogP contribution in [0.5, 0.6) is 5.75 Å². The molecule has 0 atom stereocenters. The zero-order valence-electron chi connectivity index (χ0n) is 13.0. The van der Waals surface area contributed by atoms with Crippen molar-refractivity contribution in [1.82, 2.24) is 10.2 Å². The van der Waals surface area contributed by atoms with Gasteiger partial charge in [-0.15, -0.1) is 0 Å². The SMILES string of the molecule is CCOc1cc(N)cc(C(=O)N(C)CC(=O)NC(C)C)c1. The van der Waals surface area contributed by atoms with Crippen LogP contribution in [0.25, 0.3) is 0 Å². The molecule has 0 unspecified atom stereocenters. The smallest absolute Gasteiger partial charge is 0.254 e. The maximum Gasteiger partial charge on any atom is 0.254 e. The van der Waals surface area contributed by atoms with Gasteiger partial charge < -0.3 is 20.7 Å². The summed E-state index contributed by atoms with van der Waals surface area (Å²) in [6, 6.07) is 4.89. The topological polar surface area (TPSA) is 84.7 Å². The van der Waals surface area contributed by atoms with E-state index in [4.69, 9.17) is 10.5 Å². The molecular formula is C15H23N3O3. The second-order valence-electron chi connectivity index (χ2n) is 5.11. The van der Waals surface area contributed by atoms with Gasteiger partial charge in [-0.05, 0) is 32.9 Å². The molecule has 0 fully saturated rings. The fourth-order valence-electron chi connectivity index (χ4n) is 1.87. The highest BCUT2D eigenvalue weighted by molar-refractivity contribution is 5.97. The van der Waals surface area contributed by atoms with Crippen LogP contribution in [0.3, 0.4) is 0 Å². The molecule has 0 aromatic heterocycles. The number of nitrogens with one attached hydrogen (secondary N) is 1. The van der Waals surface area contributed by atoms with Gasteiger partial charge in [0.15, 0.2) is 0 Å². The quantitative estimate of drug-likeness (QED) is 0.773. The van der Waals surface area contributed by atoms with E-state index < -0.39 is 0 Å². The van der Waals surface area contributed by atoms with Crippen LogP contribution in [0.1, 0.15) is 31.1 Å². The van der Waals surface area contributed by atoms with Gasteiger partial charge in [-0.25, -0.2) is 0 Å². The molecule has 0 bridgehead atoms. The summed E-state index contributed by atoms with van der Waals surface area (Å²) in [5, 5.41) is 2.74. The van der Waals surface area contributed by atoms with Gasteiger partial charge in [0.2, 0.25) is 5.91 Å². The van der Waals surface area contributed by atoms with E-state index in [-0.39, 0.29) is 24.4 Å². The lowest BCUT2D eigenvalue weighted by molar-refractivity contribution is -0.122. The van der Waals surface area contributed by atoms with Gasteiger partial charge in [0.05, 0.1) is 13.2 Å². The van der Waals surface area contributed by atoms with E-state index in [1.807, 2.05) is 20.8 Å². The molecule has 0 saturated heterocycles. The molecule has 1 rings (SSSR count). The Kier molecular flexibility index (Phi) is 6.02. The van der Waals surface area contributed by atoms with Gasteiger partial charge in [0, 0.05) is 30.4 Å². The van der Waals surface area contributed by atoms with Crippen LogP contribution in [0.2, 0.25) is 0 Å². The average molecular weight is 293 g/mol. The van der Waals surface area contributed by atoms with Crippen molar-refractivity contribution in [3.05, 3.63) is 23.8 Å². The fraction of sp³-hybridized carbons (Fsp3) is 0.467. The summed E-state index contributed by atoms with van der Waals surface area (Å²) in [7, 11) is 1.58. The predicted octanol–water partition coefficient (Wildman–Crippen LogP) is 1.26. The lowest BCUT2D eigenvalue weighted by Gasteiger charge is -2.18. The Bertz CT molecular complexity index is 515. The Morgan fingerprint density at radius 3 is 2.57 bits per heavy atom. The van der Waals surface area contributed by atoms with Crippen LogP contribution >= 0.6 is 0 Å². The van der Waals surface area contributed by atoms with Gasteiger partial charge in [0.25, 0.3) is 5.91 Å². The summed E-state index contributed by atoms with van der Waals surface area (Å²) in [5.41, 5.74) is 6.61. The number of carbonyl (C=O) groups is 2. The number of hydrogen-bond acceptors (Lipinski definition) is 4. The molecule has 1 aromatic rings. The van der Waals surface area contributed by atoms with Crippen molar-refractivity contribution < 1.29 is 14.3 Å². The Hall–Kier alpha value is -2.24. The van der Waals surface area contributed by atoms with Gasteiger partial charge >= 0.3 is 0 Å². The van der Waals surface area contributed by atoms with E-state index in [2.05, 4.69) is 5.32 Å². The van der Waals surface area contributed by atoms with Crippen LogP contribution in [0.4, 0.5) is 5.69 Å². The van der Waals surface area contributed by atoms with Crippen molar-refractivity contribution in [2.75, 3.05) is 25.9 Å². The number of nitrogens with two attached hydrogens (primary N) is 1. The van der Waals surface area contributed by atoms with Crippen molar-refractivity contribution in [3.8, 4) is 5.75 Å². The van der Waals surface area contributed by atoms with Gasteiger partial charge in [-0.1, -0.05) is 0 Å². The number of nitrogens with zero attached hydrogens (tertiary/aromatic N) is 1. The summed E-state index contributed by atoms with van der Waals surface area (Å²) in [4.78, 5) is 25.3. The fourth-order valence-corrected chi connectivity index (χ4v) is 1.87. The molecule has 0 aliphatic heterocycles. The molecule has 0 saturated carbocycles. The van der Waals surface area contributed by atoms with Crippen LogP contribution < -0.4 is 15.8 Å². The molecule has 21 heavy (non-hydrogen) atoms. The number of hydrogen-bond donors (Lipinski definition) is 2. The monoisotopic (exact) mass is 293 g/mol. The van der Waals surface area contributed by atoms with Crippen molar-refractivity contribution in [3.63, 3.8) is 0 Å². The minimum absolute atomic E-state index is 0.00419. The molecule has 116 valence electrons. The molecule has 2 amide bonds. The largest absolute Gasteiger partial charge is 0.494 e. The standard InChI is InChI=1S/C15H23N3O3/c1-5-21-13-7-11(6-12(16)8-13)15(20)18(4)9-14(19)17-10(2)3/h6-8,10H,5,9,16H2,1-4H3,(H,17,19). The second kappa shape index (κ2) is 7.52. The molecule has 3 N–H and O–H groups in total. The number of carbonyl (C=O) groups excluding carboxylic acids is 2. The number of benzene rings is 1. The summed E-state index contributed by atoms with van der Waals surface area (Å²) in [6.45, 7) is 6.07. The first-order chi connectivity index (χ1) is 9.83. The minimum Gasteiger partial charge on any atom is -0.494 e. The third-order valence-electron chi connectivity index (χ3n) is 2.66. The van der Waals surface area contributed by atoms with Crippen molar-refractivity contribution >= 4 is 17.5 Å². The lowest BCUT2D eigenvalue weighted by Crippen LogP contribution is -2.40.